The smallest absolute Gasteiger partial charge is 0.253 e. The summed E-state index contributed by atoms with van der Waals surface area (Å²) in [6, 6.07) is 7.58. The van der Waals surface area contributed by atoms with Crippen LogP contribution in [0.3, 0.4) is 0 Å². The van der Waals surface area contributed by atoms with Crippen molar-refractivity contribution in [3.63, 3.8) is 0 Å². The van der Waals surface area contributed by atoms with E-state index >= 15 is 0 Å². The summed E-state index contributed by atoms with van der Waals surface area (Å²) < 4.78 is 10.6. The molecule has 1 amide bonds. The number of aryl methyl sites for hydroxylation is 1. The SMILES string of the molecule is COc1ccc(CNc2cc(C)c3c(n2)CNC3=O)c(OC)c1. The number of fused-ring (bicyclic) bond motifs is 1. The largest absolute Gasteiger partial charge is 0.497 e. The van der Waals surface area contributed by atoms with Crippen molar-refractivity contribution in [2.75, 3.05) is 19.5 Å². The number of rotatable bonds is 5. The van der Waals surface area contributed by atoms with E-state index < -0.39 is 0 Å². The number of nitrogens with one attached hydrogen (secondary N) is 2. The lowest BCUT2D eigenvalue weighted by molar-refractivity contribution is 0.0965. The van der Waals surface area contributed by atoms with Gasteiger partial charge in [-0.05, 0) is 30.7 Å². The van der Waals surface area contributed by atoms with E-state index in [1.165, 1.54) is 0 Å². The highest BCUT2D eigenvalue weighted by Gasteiger charge is 2.23. The Morgan fingerprint density at radius 2 is 2.09 bits per heavy atom. The van der Waals surface area contributed by atoms with Gasteiger partial charge in [0.05, 0.1) is 32.0 Å². The molecule has 0 radical (unpaired) electrons. The summed E-state index contributed by atoms with van der Waals surface area (Å²) in [5, 5.41) is 6.08. The zero-order valence-corrected chi connectivity index (χ0v) is 13.4. The van der Waals surface area contributed by atoms with Gasteiger partial charge in [-0.25, -0.2) is 4.98 Å². The predicted molar refractivity (Wildman–Crippen MR) is 87.0 cm³/mol. The summed E-state index contributed by atoms with van der Waals surface area (Å²) in [6.07, 6.45) is 0. The van der Waals surface area contributed by atoms with Gasteiger partial charge in [-0.2, -0.15) is 0 Å². The Labute approximate surface area is 134 Å². The van der Waals surface area contributed by atoms with Crippen molar-refractivity contribution in [3.05, 3.63) is 46.6 Å². The molecule has 1 aromatic heterocycles. The van der Waals surface area contributed by atoms with Gasteiger partial charge in [0.25, 0.3) is 5.91 Å². The van der Waals surface area contributed by atoms with Gasteiger partial charge in [-0.15, -0.1) is 0 Å². The maximum atomic E-state index is 11.7. The number of methoxy groups -OCH3 is 2. The maximum absolute atomic E-state index is 11.7. The van der Waals surface area contributed by atoms with Crippen LogP contribution in [0, 0.1) is 6.92 Å². The van der Waals surface area contributed by atoms with Crippen LogP contribution in [0.5, 0.6) is 11.5 Å². The molecule has 0 saturated heterocycles. The summed E-state index contributed by atoms with van der Waals surface area (Å²) in [6.45, 7) is 2.97. The minimum Gasteiger partial charge on any atom is -0.497 e. The molecule has 2 N–H and O–H groups in total. The van der Waals surface area contributed by atoms with E-state index in [9.17, 15) is 4.79 Å². The van der Waals surface area contributed by atoms with Crippen molar-refractivity contribution < 1.29 is 14.3 Å². The molecule has 0 unspecified atom stereocenters. The molecule has 120 valence electrons. The zero-order chi connectivity index (χ0) is 16.4. The van der Waals surface area contributed by atoms with Crippen LogP contribution in [0.2, 0.25) is 0 Å². The second-order valence-electron chi connectivity index (χ2n) is 5.36. The molecule has 0 spiro atoms. The number of amides is 1. The Hall–Kier alpha value is -2.76. The lowest BCUT2D eigenvalue weighted by atomic mass is 10.1. The Kier molecular flexibility index (Phi) is 4.06. The molecule has 0 aliphatic carbocycles. The first-order valence-electron chi connectivity index (χ1n) is 7.36. The minimum absolute atomic E-state index is 0.0478. The van der Waals surface area contributed by atoms with Gasteiger partial charge in [-0.1, -0.05) is 0 Å². The Bertz CT molecular complexity index is 759. The number of aromatic nitrogens is 1. The molecule has 23 heavy (non-hydrogen) atoms. The molecule has 2 aromatic rings. The van der Waals surface area contributed by atoms with Crippen LogP contribution >= 0.6 is 0 Å². The summed E-state index contributed by atoms with van der Waals surface area (Å²) in [7, 11) is 3.26. The van der Waals surface area contributed by atoms with Crippen molar-refractivity contribution >= 4 is 11.7 Å². The highest BCUT2D eigenvalue weighted by Crippen LogP contribution is 2.26. The van der Waals surface area contributed by atoms with Gasteiger partial charge in [0.1, 0.15) is 17.3 Å². The van der Waals surface area contributed by atoms with Gasteiger partial charge in [0, 0.05) is 18.2 Å². The second kappa shape index (κ2) is 6.16. The van der Waals surface area contributed by atoms with Gasteiger partial charge in [0.15, 0.2) is 0 Å². The molecular formula is C17H19N3O3. The number of benzene rings is 1. The van der Waals surface area contributed by atoms with Crippen molar-refractivity contribution in [2.45, 2.75) is 20.0 Å². The minimum atomic E-state index is -0.0478. The molecule has 3 rings (SSSR count). The lowest BCUT2D eigenvalue weighted by Gasteiger charge is -2.12. The first-order valence-corrected chi connectivity index (χ1v) is 7.36. The molecular weight excluding hydrogens is 294 g/mol. The third-order valence-electron chi connectivity index (χ3n) is 3.89. The fourth-order valence-corrected chi connectivity index (χ4v) is 2.70. The zero-order valence-electron chi connectivity index (χ0n) is 13.4. The molecule has 0 saturated carbocycles. The predicted octanol–water partition coefficient (Wildman–Crippen LogP) is 2.26. The molecule has 1 aliphatic heterocycles. The van der Waals surface area contributed by atoms with Crippen LogP contribution in [0.1, 0.15) is 27.2 Å². The molecule has 0 bridgehead atoms. The van der Waals surface area contributed by atoms with Gasteiger partial charge >= 0.3 is 0 Å². The number of hydrogen-bond donors (Lipinski definition) is 2. The number of carbonyl (C=O) groups is 1. The lowest BCUT2D eigenvalue weighted by Crippen LogP contribution is -2.13. The normalized spacial score (nSPS) is 12.6. The number of pyridine rings is 1. The van der Waals surface area contributed by atoms with Gasteiger partial charge in [0.2, 0.25) is 0 Å². The highest BCUT2D eigenvalue weighted by atomic mass is 16.5. The van der Waals surface area contributed by atoms with E-state index in [-0.39, 0.29) is 5.91 Å². The number of anilines is 1. The fraction of sp³-hybridized carbons (Fsp3) is 0.294. The maximum Gasteiger partial charge on any atom is 0.253 e. The van der Waals surface area contributed by atoms with Crippen LogP contribution in [-0.4, -0.2) is 25.1 Å². The van der Waals surface area contributed by atoms with E-state index in [0.29, 0.717) is 18.7 Å². The third kappa shape index (κ3) is 2.92. The van der Waals surface area contributed by atoms with E-state index in [2.05, 4.69) is 15.6 Å². The Morgan fingerprint density at radius 3 is 2.83 bits per heavy atom. The Morgan fingerprint density at radius 1 is 1.26 bits per heavy atom. The number of nitrogens with zero attached hydrogens (tertiary/aromatic N) is 1. The van der Waals surface area contributed by atoms with Crippen LogP contribution < -0.4 is 20.1 Å². The average molecular weight is 313 g/mol. The molecule has 2 heterocycles. The molecule has 6 nitrogen and oxygen atoms in total. The highest BCUT2D eigenvalue weighted by molar-refractivity contribution is 5.99. The monoisotopic (exact) mass is 313 g/mol. The number of hydrogen-bond acceptors (Lipinski definition) is 5. The van der Waals surface area contributed by atoms with Gasteiger partial charge < -0.3 is 20.1 Å². The van der Waals surface area contributed by atoms with Crippen molar-refractivity contribution in [1.82, 2.24) is 10.3 Å². The number of ether oxygens (including phenoxy) is 2. The fourth-order valence-electron chi connectivity index (χ4n) is 2.70. The van der Waals surface area contributed by atoms with Crippen molar-refractivity contribution in [2.24, 2.45) is 0 Å². The number of carbonyl (C=O) groups excluding carboxylic acids is 1. The van der Waals surface area contributed by atoms with E-state index in [1.807, 2.05) is 31.2 Å². The second-order valence-corrected chi connectivity index (χ2v) is 5.36. The summed E-state index contributed by atoms with van der Waals surface area (Å²) in [4.78, 5) is 16.2. The standard InChI is InChI=1S/C17H19N3O3/c1-10-6-15(20-13-9-19-17(21)16(10)13)18-8-11-4-5-12(22-2)7-14(11)23-3/h4-7H,8-9H2,1-3H3,(H,18,20)(H,19,21). The van der Waals surface area contributed by atoms with E-state index in [4.69, 9.17) is 9.47 Å². The van der Waals surface area contributed by atoms with Crippen LogP contribution in [-0.2, 0) is 13.1 Å². The van der Waals surface area contributed by atoms with Crippen LogP contribution in [0.15, 0.2) is 24.3 Å². The van der Waals surface area contributed by atoms with E-state index in [1.54, 1.807) is 14.2 Å². The first-order chi connectivity index (χ1) is 11.1. The summed E-state index contributed by atoms with van der Waals surface area (Å²) >= 11 is 0. The summed E-state index contributed by atoms with van der Waals surface area (Å²) in [5.41, 5.74) is 3.41. The van der Waals surface area contributed by atoms with Crippen LogP contribution in [0.25, 0.3) is 0 Å². The molecule has 6 heteroatoms. The van der Waals surface area contributed by atoms with Gasteiger partial charge in [-0.3, -0.25) is 4.79 Å². The van der Waals surface area contributed by atoms with Crippen LogP contribution in [0.4, 0.5) is 5.82 Å². The van der Waals surface area contributed by atoms with Crippen molar-refractivity contribution in [1.29, 1.82) is 0 Å². The van der Waals surface area contributed by atoms with E-state index in [0.717, 1.165) is 34.1 Å². The molecule has 1 aliphatic rings. The third-order valence-corrected chi connectivity index (χ3v) is 3.89. The average Bonchev–Trinajstić information content (AvgIpc) is 2.94. The molecule has 1 aromatic carbocycles. The topological polar surface area (TPSA) is 72.5 Å². The van der Waals surface area contributed by atoms with Crippen molar-refractivity contribution in [3.8, 4) is 11.5 Å². The molecule has 0 fully saturated rings. The first kappa shape index (κ1) is 15.1. The Balaban J connectivity index is 1.79. The molecule has 0 atom stereocenters. The quantitative estimate of drug-likeness (QED) is 0.886. The summed E-state index contributed by atoms with van der Waals surface area (Å²) in [5.74, 6) is 2.21.